The van der Waals surface area contributed by atoms with Crippen molar-refractivity contribution >= 4 is 11.5 Å². The van der Waals surface area contributed by atoms with Gasteiger partial charge >= 0.3 is 0 Å². The number of hydrogen-bond acceptors (Lipinski definition) is 6. The fourth-order valence-corrected chi connectivity index (χ4v) is 1.27. The van der Waals surface area contributed by atoms with Crippen LogP contribution in [-0.4, -0.2) is 19.9 Å². The second kappa shape index (κ2) is 4.52. The van der Waals surface area contributed by atoms with Crippen molar-refractivity contribution in [2.24, 2.45) is 0 Å². The lowest BCUT2D eigenvalue weighted by atomic mass is 10.4. The van der Waals surface area contributed by atoms with Gasteiger partial charge in [0.25, 0.3) is 0 Å². The molecule has 3 N–H and O–H groups in total. The van der Waals surface area contributed by atoms with E-state index in [0.717, 1.165) is 11.5 Å². The summed E-state index contributed by atoms with van der Waals surface area (Å²) in [5.41, 5.74) is 7.11. The Morgan fingerprint density at radius 1 is 1.38 bits per heavy atom. The molecular weight excluding hydrogens is 204 g/mol. The summed E-state index contributed by atoms with van der Waals surface area (Å²) in [7, 11) is 0. The molecule has 0 atom stereocenters. The van der Waals surface area contributed by atoms with Gasteiger partial charge in [0.15, 0.2) is 5.82 Å². The monoisotopic (exact) mass is 216 g/mol. The molecule has 0 unspecified atom stereocenters. The quantitative estimate of drug-likeness (QED) is 0.787. The molecule has 0 aliphatic rings. The van der Waals surface area contributed by atoms with Crippen molar-refractivity contribution in [2.45, 2.75) is 13.5 Å². The third-order valence-electron chi connectivity index (χ3n) is 2.01. The van der Waals surface area contributed by atoms with Crippen LogP contribution in [0.25, 0.3) is 0 Å². The minimum Gasteiger partial charge on any atom is -0.394 e. The molecule has 2 aromatic rings. The molecule has 6 nitrogen and oxygen atoms in total. The molecule has 6 heteroatoms. The largest absolute Gasteiger partial charge is 0.394 e. The highest BCUT2D eigenvalue weighted by Crippen LogP contribution is 2.12. The number of nitrogens with two attached hydrogens (primary N) is 1. The summed E-state index contributed by atoms with van der Waals surface area (Å²) in [5.74, 6) is 1.36. The van der Waals surface area contributed by atoms with Gasteiger partial charge in [-0.3, -0.25) is 0 Å². The zero-order chi connectivity index (χ0) is 11.4. The van der Waals surface area contributed by atoms with Crippen molar-refractivity contribution in [3.63, 3.8) is 0 Å². The fraction of sp³-hybridized carbons (Fsp3) is 0.200. The summed E-state index contributed by atoms with van der Waals surface area (Å²) in [6.45, 7) is 2.41. The molecule has 0 aliphatic heterocycles. The number of aromatic nitrogens is 4. The van der Waals surface area contributed by atoms with E-state index in [1.54, 1.807) is 12.4 Å². The van der Waals surface area contributed by atoms with Crippen molar-refractivity contribution < 1.29 is 0 Å². The third kappa shape index (κ3) is 2.41. The molecule has 0 radical (unpaired) electrons. The number of rotatable bonds is 3. The van der Waals surface area contributed by atoms with Crippen LogP contribution < -0.4 is 11.1 Å². The van der Waals surface area contributed by atoms with E-state index < -0.39 is 0 Å². The molecule has 0 amide bonds. The van der Waals surface area contributed by atoms with Gasteiger partial charge in [-0.15, -0.1) is 0 Å². The minimum atomic E-state index is 0.522. The molecule has 0 fully saturated rings. The maximum atomic E-state index is 5.69. The van der Waals surface area contributed by atoms with Crippen LogP contribution >= 0.6 is 0 Å². The molecule has 0 aromatic carbocycles. The predicted molar refractivity (Wildman–Crippen MR) is 60.5 cm³/mol. The Labute approximate surface area is 93.0 Å². The summed E-state index contributed by atoms with van der Waals surface area (Å²) in [4.78, 5) is 16.1. The number of anilines is 2. The summed E-state index contributed by atoms with van der Waals surface area (Å²) < 4.78 is 0. The molecule has 0 spiro atoms. The number of nitrogens with zero attached hydrogens (tertiary/aromatic N) is 4. The van der Waals surface area contributed by atoms with Gasteiger partial charge in [0, 0.05) is 6.20 Å². The van der Waals surface area contributed by atoms with Gasteiger partial charge in [0.1, 0.15) is 12.2 Å². The average molecular weight is 216 g/mol. The first kappa shape index (κ1) is 10.3. The van der Waals surface area contributed by atoms with E-state index in [1.165, 1.54) is 6.33 Å². The van der Waals surface area contributed by atoms with Gasteiger partial charge in [0.2, 0.25) is 0 Å². The summed E-state index contributed by atoms with van der Waals surface area (Å²) >= 11 is 0. The summed E-state index contributed by atoms with van der Waals surface area (Å²) in [6, 6.07) is 1.84. The molecule has 16 heavy (non-hydrogen) atoms. The lowest BCUT2D eigenvalue weighted by Gasteiger charge is -2.06. The second-order valence-electron chi connectivity index (χ2n) is 3.28. The third-order valence-corrected chi connectivity index (χ3v) is 2.01. The van der Waals surface area contributed by atoms with Crippen LogP contribution in [0.1, 0.15) is 11.5 Å². The van der Waals surface area contributed by atoms with Gasteiger partial charge < -0.3 is 11.1 Å². The van der Waals surface area contributed by atoms with Crippen LogP contribution in [0.4, 0.5) is 11.5 Å². The van der Waals surface area contributed by atoms with Crippen molar-refractivity contribution in [2.75, 3.05) is 11.1 Å². The van der Waals surface area contributed by atoms with E-state index in [-0.39, 0.29) is 0 Å². The number of hydrogen-bond donors (Lipinski definition) is 2. The molecule has 0 saturated heterocycles. The SMILES string of the molecule is Cc1nccc(CNc2ncncc2N)n1. The molecule has 0 saturated carbocycles. The Kier molecular flexibility index (Phi) is 2.90. The lowest BCUT2D eigenvalue weighted by molar-refractivity contribution is 0.948. The van der Waals surface area contributed by atoms with Crippen molar-refractivity contribution in [3.8, 4) is 0 Å². The molecule has 2 aromatic heterocycles. The van der Waals surface area contributed by atoms with E-state index in [9.17, 15) is 0 Å². The highest BCUT2D eigenvalue weighted by molar-refractivity contribution is 5.58. The first-order valence-corrected chi connectivity index (χ1v) is 4.83. The van der Waals surface area contributed by atoms with Gasteiger partial charge in [-0.2, -0.15) is 0 Å². The topological polar surface area (TPSA) is 89.6 Å². The molecule has 2 rings (SSSR count). The predicted octanol–water partition coefficient (Wildman–Crippen LogP) is 0.769. The molecule has 82 valence electrons. The molecule has 2 heterocycles. The van der Waals surface area contributed by atoms with Crippen LogP contribution in [0, 0.1) is 6.92 Å². The standard InChI is InChI=1S/C10H12N6/c1-7-13-3-2-8(16-7)4-14-10-9(11)5-12-6-15-10/h2-3,5-6H,4,11H2,1H3,(H,12,14,15). The van der Waals surface area contributed by atoms with Crippen LogP contribution in [0.3, 0.4) is 0 Å². The van der Waals surface area contributed by atoms with Gasteiger partial charge in [0.05, 0.1) is 24.1 Å². The maximum Gasteiger partial charge on any atom is 0.152 e. The van der Waals surface area contributed by atoms with Crippen molar-refractivity contribution in [3.05, 3.63) is 36.3 Å². The zero-order valence-corrected chi connectivity index (χ0v) is 8.88. The average Bonchev–Trinajstić information content (AvgIpc) is 2.28. The van der Waals surface area contributed by atoms with Gasteiger partial charge in [-0.1, -0.05) is 0 Å². The molecule has 0 aliphatic carbocycles. The van der Waals surface area contributed by atoms with Crippen LogP contribution in [0.5, 0.6) is 0 Å². The molecule has 0 bridgehead atoms. The van der Waals surface area contributed by atoms with E-state index >= 15 is 0 Å². The Morgan fingerprint density at radius 3 is 3.00 bits per heavy atom. The van der Waals surface area contributed by atoms with Crippen LogP contribution in [0.2, 0.25) is 0 Å². The Bertz CT molecular complexity index is 484. The normalized spacial score (nSPS) is 10.1. The smallest absolute Gasteiger partial charge is 0.152 e. The minimum absolute atomic E-state index is 0.522. The first-order chi connectivity index (χ1) is 7.75. The lowest BCUT2D eigenvalue weighted by Crippen LogP contribution is -2.06. The second-order valence-corrected chi connectivity index (χ2v) is 3.28. The summed E-state index contributed by atoms with van der Waals surface area (Å²) in [5, 5.41) is 3.09. The Morgan fingerprint density at radius 2 is 2.25 bits per heavy atom. The highest BCUT2D eigenvalue weighted by atomic mass is 15.0. The number of nitrogens with one attached hydrogen (secondary N) is 1. The van der Waals surface area contributed by atoms with Gasteiger partial charge in [-0.05, 0) is 13.0 Å². The zero-order valence-electron chi connectivity index (χ0n) is 8.88. The van der Waals surface area contributed by atoms with E-state index in [0.29, 0.717) is 18.1 Å². The van der Waals surface area contributed by atoms with E-state index in [1.807, 2.05) is 13.0 Å². The highest BCUT2D eigenvalue weighted by Gasteiger charge is 2.00. The first-order valence-electron chi connectivity index (χ1n) is 4.83. The fourth-order valence-electron chi connectivity index (χ4n) is 1.27. The van der Waals surface area contributed by atoms with E-state index in [4.69, 9.17) is 5.73 Å². The van der Waals surface area contributed by atoms with Crippen molar-refractivity contribution in [1.82, 2.24) is 19.9 Å². The summed E-state index contributed by atoms with van der Waals surface area (Å²) in [6.07, 6.45) is 4.73. The van der Waals surface area contributed by atoms with Crippen molar-refractivity contribution in [1.29, 1.82) is 0 Å². The van der Waals surface area contributed by atoms with Gasteiger partial charge in [-0.25, -0.2) is 19.9 Å². The van der Waals surface area contributed by atoms with Crippen LogP contribution in [0.15, 0.2) is 24.8 Å². The Balaban J connectivity index is 2.05. The number of aryl methyl sites for hydroxylation is 1. The van der Waals surface area contributed by atoms with E-state index in [2.05, 4.69) is 25.3 Å². The number of nitrogen functional groups attached to an aromatic ring is 1. The Hall–Kier alpha value is -2.24. The molecular formula is C10H12N6. The van der Waals surface area contributed by atoms with Crippen LogP contribution in [-0.2, 0) is 6.54 Å². The maximum absolute atomic E-state index is 5.69.